The van der Waals surface area contributed by atoms with Crippen LogP contribution in [-0.4, -0.2) is 24.5 Å². The molecule has 2 N–H and O–H groups in total. The van der Waals surface area contributed by atoms with E-state index in [1.165, 1.54) is 25.3 Å². The molecule has 1 aliphatic rings. The van der Waals surface area contributed by atoms with Crippen LogP contribution in [-0.2, 0) is 0 Å². The molecular formula is C16H24F2N2. The SMILES string of the molecule is CCC1CCN(CCC(N)c2cccc(F)c2F)CC1. The minimum Gasteiger partial charge on any atom is -0.324 e. The average molecular weight is 282 g/mol. The number of rotatable bonds is 5. The molecule has 0 aliphatic carbocycles. The van der Waals surface area contributed by atoms with Crippen molar-refractivity contribution in [1.82, 2.24) is 4.90 Å². The van der Waals surface area contributed by atoms with E-state index in [9.17, 15) is 8.78 Å². The summed E-state index contributed by atoms with van der Waals surface area (Å²) in [5.74, 6) is -0.771. The van der Waals surface area contributed by atoms with Crippen molar-refractivity contribution in [3.8, 4) is 0 Å². The van der Waals surface area contributed by atoms with Crippen molar-refractivity contribution in [2.45, 2.75) is 38.6 Å². The van der Waals surface area contributed by atoms with Gasteiger partial charge in [0.15, 0.2) is 11.6 Å². The van der Waals surface area contributed by atoms with E-state index in [-0.39, 0.29) is 5.56 Å². The maximum atomic E-state index is 13.6. The highest BCUT2D eigenvalue weighted by atomic mass is 19.2. The molecule has 0 saturated carbocycles. The summed E-state index contributed by atoms with van der Waals surface area (Å²) >= 11 is 0. The topological polar surface area (TPSA) is 29.3 Å². The Hall–Kier alpha value is -1.00. The maximum absolute atomic E-state index is 13.6. The zero-order chi connectivity index (χ0) is 14.5. The van der Waals surface area contributed by atoms with Crippen LogP contribution in [0.2, 0.25) is 0 Å². The molecule has 0 amide bonds. The van der Waals surface area contributed by atoms with E-state index in [2.05, 4.69) is 11.8 Å². The summed E-state index contributed by atoms with van der Waals surface area (Å²) in [5.41, 5.74) is 6.29. The van der Waals surface area contributed by atoms with E-state index in [4.69, 9.17) is 5.73 Å². The first-order chi connectivity index (χ1) is 9.61. The molecule has 20 heavy (non-hydrogen) atoms. The summed E-state index contributed by atoms with van der Waals surface area (Å²) in [6.07, 6.45) is 4.39. The lowest BCUT2D eigenvalue weighted by Gasteiger charge is -2.32. The Labute approximate surface area is 120 Å². The standard InChI is InChI=1S/C16H24F2N2/c1-2-12-6-9-20(10-7-12)11-8-15(19)13-4-3-5-14(17)16(13)18/h3-5,12,15H,2,6-11,19H2,1H3. The number of likely N-dealkylation sites (tertiary alicyclic amines) is 1. The lowest BCUT2D eigenvalue weighted by molar-refractivity contribution is 0.177. The molecule has 1 atom stereocenters. The first kappa shape index (κ1) is 15.4. The second-order valence-corrected chi connectivity index (χ2v) is 5.73. The Kier molecular flexibility index (Phi) is 5.49. The van der Waals surface area contributed by atoms with Gasteiger partial charge < -0.3 is 10.6 Å². The number of hydrogen-bond acceptors (Lipinski definition) is 2. The van der Waals surface area contributed by atoms with Gasteiger partial charge in [0.2, 0.25) is 0 Å². The summed E-state index contributed by atoms with van der Waals surface area (Å²) < 4.78 is 26.8. The van der Waals surface area contributed by atoms with Gasteiger partial charge in [0.25, 0.3) is 0 Å². The maximum Gasteiger partial charge on any atom is 0.163 e. The number of nitrogens with two attached hydrogens (primary N) is 1. The van der Waals surface area contributed by atoms with Gasteiger partial charge in [-0.2, -0.15) is 0 Å². The van der Waals surface area contributed by atoms with Gasteiger partial charge in [-0.15, -0.1) is 0 Å². The Morgan fingerprint density at radius 2 is 2.00 bits per heavy atom. The summed E-state index contributed by atoms with van der Waals surface area (Å²) in [4.78, 5) is 2.38. The first-order valence-corrected chi connectivity index (χ1v) is 7.53. The van der Waals surface area contributed by atoms with Crippen LogP contribution < -0.4 is 5.73 Å². The van der Waals surface area contributed by atoms with E-state index in [1.54, 1.807) is 6.07 Å². The molecule has 1 unspecified atom stereocenters. The number of halogens is 2. The zero-order valence-electron chi connectivity index (χ0n) is 12.1. The molecule has 1 saturated heterocycles. The van der Waals surface area contributed by atoms with Crippen molar-refractivity contribution in [3.63, 3.8) is 0 Å². The number of benzene rings is 1. The van der Waals surface area contributed by atoms with Gasteiger partial charge in [-0.3, -0.25) is 0 Å². The van der Waals surface area contributed by atoms with Crippen LogP contribution in [0, 0.1) is 17.6 Å². The Morgan fingerprint density at radius 3 is 2.65 bits per heavy atom. The fraction of sp³-hybridized carbons (Fsp3) is 0.625. The van der Waals surface area contributed by atoms with Crippen LogP contribution in [0.1, 0.15) is 44.2 Å². The quantitative estimate of drug-likeness (QED) is 0.896. The molecule has 0 spiro atoms. The van der Waals surface area contributed by atoms with Crippen LogP contribution >= 0.6 is 0 Å². The predicted octanol–water partition coefficient (Wildman–Crippen LogP) is 3.48. The monoisotopic (exact) mass is 282 g/mol. The van der Waals surface area contributed by atoms with Gasteiger partial charge in [-0.1, -0.05) is 25.5 Å². The second kappa shape index (κ2) is 7.14. The lowest BCUT2D eigenvalue weighted by atomic mass is 9.94. The number of nitrogens with zero attached hydrogens (tertiary/aromatic N) is 1. The molecule has 4 heteroatoms. The fourth-order valence-corrected chi connectivity index (χ4v) is 2.90. The largest absolute Gasteiger partial charge is 0.324 e. The Morgan fingerprint density at radius 1 is 1.30 bits per heavy atom. The van der Waals surface area contributed by atoms with Crippen LogP contribution in [0.4, 0.5) is 8.78 Å². The molecule has 1 heterocycles. The molecule has 112 valence electrons. The van der Waals surface area contributed by atoms with Crippen molar-refractivity contribution in [3.05, 3.63) is 35.4 Å². The molecule has 1 aromatic carbocycles. The zero-order valence-corrected chi connectivity index (χ0v) is 12.1. The highest BCUT2D eigenvalue weighted by Gasteiger charge is 2.19. The van der Waals surface area contributed by atoms with Crippen molar-refractivity contribution >= 4 is 0 Å². The van der Waals surface area contributed by atoms with Crippen LogP contribution in [0.15, 0.2) is 18.2 Å². The smallest absolute Gasteiger partial charge is 0.163 e. The van der Waals surface area contributed by atoms with Crippen molar-refractivity contribution < 1.29 is 8.78 Å². The van der Waals surface area contributed by atoms with E-state index in [0.717, 1.165) is 31.6 Å². The van der Waals surface area contributed by atoms with Gasteiger partial charge in [0.05, 0.1) is 0 Å². The molecule has 1 aliphatic heterocycles. The third-order valence-corrected chi connectivity index (χ3v) is 4.42. The first-order valence-electron chi connectivity index (χ1n) is 7.53. The average Bonchev–Trinajstić information content (AvgIpc) is 2.48. The lowest BCUT2D eigenvalue weighted by Crippen LogP contribution is -2.35. The molecule has 0 radical (unpaired) electrons. The number of hydrogen-bond donors (Lipinski definition) is 1. The van der Waals surface area contributed by atoms with E-state index >= 15 is 0 Å². The highest BCUT2D eigenvalue weighted by Crippen LogP contribution is 2.23. The van der Waals surface area contributed by atoms with Gasteiger partial charge in [-0.05, 0) is 50.9 Å². The van der Waals surface area contributed by atoms with Crippen LogP contribution in [0.25, 0.3) is 0 Å². The van der Waals surface area contributed by atoms with Gasteiger partial charge >= 0.3 is 0 Å². The summed E-state index contributed by atoms with van der Waals surface area (Å²) in [5, 5.41) is 0. The van der Waals surface area contributed by atoms with E-state index < -0.39 is 17.7 Å². The summed E-state index contributed by atoms with van der Waals surface area (Å²) in [7, 11) is 0. The summed E-state index contributed by atoms with van der Waals surface area (Å²) in [6.45, 7) is 5.28. The minimum absolute atomic E-state index is 0.286. The van der Waals surface area contributed by atoms with Gasteiger partial charge in [0.1, 0.15) is 0 Å². The Balaban J connectivity index is 1.83. The van der Waals surface area contributed by atoms with Crippen molar-refractivity contribution in [2.24, 2.45) is 11.7 Å². The van der Waals surface area contributed by atoms with E-state index in [1.807, 2.05) is 0 Å². The second-order valence-electron chi connectivity index (χ2n) is 5.73. The minimum atomic E-state index is -0.818. The summed E-state index contributed by atoms with van der Waals surface area (Å²) in [6, 6.07) is 3.78. The normalized spacial score (nSPS) is 19.2. The molecule has 0 bridgehead atoms. The Bertz CT molecular complexity index is 428. The molecule has 1 aromatic rings. The molecule has 2 rings (SSSR count). The fourth-order valence-electron chi connectivity index (χ4n) is 2.90. The highest BCUT2D eigenvalue weighted by molar-refractivity contribution is 5.22. The third kappa shape index (κ3) is 3.76. The molecular weight excluding hydrogens is 258 g/mol. The van der Waals surface area contributed by atoms with Gasteiger partial charge in [0, 0.05) is 11.6 Å². The van der Waals surface area contributed by atoms with Crippen molar-refractivity contribution in [1.29, 1.82) is 0 Å². The molecule has 0 aromatic heterocycles. The van der Waals surface area contributed by atoms with Gasteiger partial charge in [-0.25, -0.2) is 8.78 Å². The third-order valence-electron chi connectivity index (χ3n) is 4.42. The predicted molar refractivity (Wildman–Crippen MR) is 77.4 cm³/mol. The molecule has 2 nitrogen and oxygen atoms in total. The van der Waals surface area contributed by atoms with E-state index in [0.29, 0.717) is 6.42 Å². The van der Waals surface area contributed by atoms with Crippen molar-refractivity contribution in [2.75, 3.05) is 19.6 Å². The molecule has 1 fully saturated rings. The number of piperidine rings is 1. The van der Waals surface area contributed by atoms with Crippen LogP contribution in [0.5, 0.6) is 0 Å². The van der Waals surface area contributed by atoms with Crippen LogP contribution in [0.3, 0.4) is 0 Å².